The van der Waals surface area contributed by atoms with Crippen LogP contribution in [0.4, 0.5) is 0 Å². The van der Waals surface area contributed by atoms with Crippen molar-refractivity contribution in [1.82, 2.24) is 13.9 Å². The quantitative estimate of drug-likeness (QED) is 0.571. The summed E-state index contributed by atoms with van der Waals surface area (Å²) in [6.45, 7) is 6.41. The van der Waals surface area contributed by atoms with E-state index >= 15 is 0 Å². The van der Waals surface area contributed by atoms with E-state index in [4.69, 9.17) is 16.6 Å². The fourth-order valence-electron chi connectivity index (χ4n) is 2.98. The molecule has 0 saturated heterocycles. The molecule has 5 nitrogen and oxygen atoms in total. The molecule has 0 amide bonds. The van der Waals surface area contributed by atoms with Crippen molar-refractivity contribution in [2.75, 3.05) is 13.1 Å². The highest BCUT2D eigenvalue weighted by Gasteiger charge is 2.27. The summed E-state index contributed by atoms with van der Waals surface area (Å²) in [6, 6.07) is 9.24. The molecule has 0 unspecified atom stereocenters. The monoisotopic (exact) mass is 423 g/mol. The van der Waals surface area contributed by atoms with Crippen LogP contribution < -0.4 is 0 Å². The summed E-state index contributed by atoms with van der Waals surface area (Å²) in [5.41, 5.74) is 3.33. The molecule has 0 fully saturated rings. The largest absolute Gasteiger partial charge is 0.345 e. The Kier molecular flexibility index (Phi) is 5.76. The molecular formula is C19H22ClN3O2S2. The average molecular weight is 424 g/mol. The summed E-state index contributed by atoms with van der Waals surface area (Å²) in [4.78, 5) is 5.05. The SMILES string of the molecule is CCN(CC)S(=O)(=O)c1cc(-c2nc(-c3ccc(Cl)cc3)cs2)n(C)c1C. The van der Waals surface area contributed by atoms with Crippen LogP contribution in [0.25, 0.3) is 22.0 Å². The van der Waals surface area contributed by atoms with Crippen LogP contribution in [0.1, 0.15) is 19.5 Å². The number of hydrogen-bond acceptors (Lipinski definition) is 4. The van der Waals surface area contributed by atoms with Gasteiger partial charge >= 0.3 is 0 Å². The lowest BCUT2D eigenvalue weighted by Gasteiger charge is -2.18. The van der Waals surface area contributed by atoms with E-state index in [2.05, 4.69) is 0 Å². The number of halogens is 1. The van der Waals surface area contributed by atoms with Gasteiger partial charge in [-0.25, -0.2) is 13.4 Å². The summed E-state index contributed by atoms with van der Waals surface area (Å²) >= 11 is 7.45. The highest BCUT2D eigenvalue weighted by Crippen LogP contribution is 2.33. The van der Waals surface area contributed by atoms with Gasteiger partial charge in [0.25, 0.3) is 0 Å². The maximum absolute atomic E-state index is 13.0. The Bertz CT molecular complexity index is 1050. The summed E-state index contributed by atoms with van der Waals surface area (Å²) < 4.78 is 29.3. The van der Waals surface area contributed by atoms with Crippen molar-refractivity contribution < 1.29 is 8.42 Å². The smallest absolute Gasteiger partial charge is 0.244 e. The normalized spacial score (nSPS) is 12.1. The molecule has 1 aromatic carbocycles. The first-order valence-electron chi connectivity index (χ1n) is 8.67. The third-order valence-corrected chi connectivity index (χ3v) is 7.96. The van der Waals surface area contributed by atoms with Crippen molar-refractivity contribution >= 4 is 33.0 Å². The van der Waals surface area contributed by atoms with Gasteiger partial charge in [-0.05, 0) is 25.1 Å². The summed E-state index contributed by atoms with van der Waals surface area (Å²) in [5.74, 6) is 0. The number of hydrogen-bond donors (Lipinski definition) is 0. The molecule has 2 heterocycles. The topological polar surface area (TPSA) is 55.2 Å². The minimum Gasteiger partial charge on any atom is -0.345 e. The fourth-order valence-corrected chi connectivity index (χ4v) is 5.72. The van der Waals surface area contributed by atoms with E-state index in [0.717, 1.165) is 22.0 Å². The zero-order chi connectivity index (χ0) is 19.8. The van der Waals surface area contributed by atoms with Crippen molar-refractivity contribution in [2.45, 2.75) is 25.7 Å². The summed E-state index contributed by atoms with van der Waals surface area (Å²) in [6.07, 6.45) is 0. The molecule has 0 atom stereocenters. The first kappa shape index (κ1) is 20.1. The van der Waals surface area contributed by atoms with Crippen LogP contribution in [0.5, 0.6) is 0 Å². The molecule has 0 aliphatic heterocycles. The number of benzene rings is 1. The zero-order valence-corrected chi connectivity index (χ0v) is 18.1. The van der Waals surface area contributed by atoms with Crippen LogP contribution in [0.15, 0.2) is 40.6 Å². The van der Waals surface area contributed by atoms with Gasteiger partial charge in [-0.2, -0.15) is 4.31 Å². The maximum Gasteiger partial charge on any atom is 0.244 e. The van der Waals surface area contributed by atoms with Gasteiger partial charge in [0.05, 0.1) is 11.4 Å². The molecule has 2 aromatic heterocycles. The lowest BCUT2D eigenvalue weighted by atomic mass is 10.2. The Morgan fingerprint density at radius 2 is 1.81 bits per heavy atom. The summed E-state index contributed by atoms with van der Waals surface area (Å²) in [5, 5.41) is 3.43. The second kappa shape index (κ2) is 7.75. The van der Waals surface area contributed by atoms with E-state index < -0.39 is 10.0 Å². The van der Waals surface area contributed by atoms with Gasteiger partial charge in [-0.1, -0.05) is 37.6 Å². The second-order valence-electron chi connectivity index (χ2n) is 6.17. The van der Waals surface area contributed by atoms with E-state index in [1.165, 1.54) is 15.6 Å². The van der Waals surface area contributed by atoms with Crippen LogP contribution in [-0.4, -0.2) is 35.4 Å². The van der Waals surface area contributed by atoms with Crippen LogP contribution in [0, 0.1) is 6.92 Å². The van der Waals surface area contributed by atoms with Gasteiger partial charge in [0.2, 0.25) is 10.0 Å². The molecule has 0 aliphatic carbocycles. The van der Waals surface area contributed by atoms with Crippen molar-refractivity contribution in [3.05, 3.63) is 46.4 Å². The predicted octanol–water partition coefficient (Wildman–Crippen LogP) is 4.81. The third-order valence-electron chi connectivity index (χ3n) is 4.68. The van der Waals surface area contributed by atoms with Gasteiger partial charge in [0, 0.05) is 41.8 Å². The number of thiazole rings is 1. The molecule has 0 N–H and O–H groups in total. The van der Waals surface area contributed by atoms with Crippen molar-refractivity contribution in [3.63, 3.8) is 0 Å². The molecule has 0 bridgehead atoms. The van der Waals surface area contributed by atoms with E-state index in [1.54, 1.807) is 6.07 Å². The number of sulfonamides is 1. The van der Waals surface area contributed by atoms with Crippen LogP contribution in [-0.2, 0) is 17.1 Å². The zero-order valence-electron chi connectivity index (χ0n) is 15.7. The Morgan fingerprint density at radius 1 is 1.19 bits per heavy atom. The van der Waals surface area contributed by atoms with E-state index in [-0.39, 0.29) is 0 Å². The number of rotatable bonds is 6. The first-order valence-corrected chi connectivity index (χ1v) is 11.4. The molecule has 0 spiro atoms. The van der Waals surface area contributed by atoms with Crippen molar-refractivity contribution in [3.8, 4) is 22.0 Å². The second-order valence-corrected chi connectivity index (χ2v) is 9.37. The highest BCUT2D eigenvalue weighted by atomic mass is 35.5. The Balaban J connectivity index is 2.03. The van der Waals surface area contributed by atoms with Crippen molar-refractivity contribution in [2.24, 2.45) is 7.05 Å². The summed E-state index contributed by atoms with van der Waals surface area (Å²) in [7, 11) is -1.65. The molecule has 0 aliphatic rings. The molecule has 27 heavy (non-hydrogen) atoms. The standard InChI is InChI=1S/C19H22ClN3O2S2/c1-5-23(6-2)27(24,25)18-11-17(22(4)13(18)3)19-21-16(12-26-19)14-7-9-15(20)10-8-14/h7-12H,5-6H2,1-4H3. The van der Waals surface area contributed by atoms with Crippen LogP contribution in [0.3, 0.4) is 0 Å². The average Bonchev–Trinajstić information content (AvgIpc) is 3.23. The fraction of sp³-hybridized carbons (Fsp3) is 0.316. The lowest BCUT2D eigenvalue weighted by Crippen LogP contribution is -2.30. The molecule has 0 saturated carbocycles. The van der Waals surface area contributed by atoms with Gasteiger partial charge in [-0.15, -0.1) is 11.3 Å². The molecule has 3 aromatic rings. The van der Waals surface area contributed by atoms with E-state index in [0.29, 0.717) is 28.7 Å². The molecule has 144 valence electrons. The van der Waals surface area contributed by atoms with E-state index in [9.17, 15) is 8.42 Å². The Morgan fingerprint density at radius 3 is 2.41 bits per heavy atom. The minimum absolute atomic E-state index is 0.340. The number of nitrogens with zero attached hydrogens (tertiary/aromatic N) is 3. The van der Waals surface area contributed by atoms with Crippen LogP contribution in [0.2, 0.25) is 5.02 Å². The highest BCUT2D eigenvalue weighted by molar-refractivity contribution is 7.89. The Labute approximate surface area is 169 Å². The maximum atomic E-state index is 13.0. The van der Waals surface area contributed by atoms with Crippen molar-refractivity contribution in [1.29, 1.82) is 0 Å². The van der Waals surface area contributed by atoms with Gasteiger partial charge in [0.1, 0.15) is 9.90 Å². The van der Waals surface area contributed by atoms with Gasteiger partial charge in [-0.3, -0.25) is 0 Å². The van der Waals surface area contributed by atoms with E-state index in [1.807, 2.05) is 62.0 Å². The Hall–Kier alpha value is -1.67. The predicted molar refractivity (Wildman–Crippen MR) is 112 cm³/mol. The third kappa shape index (κ3) is 3.69. The lowest BCUT2D eigenvalue weighted by molar-refractivity contribution is 0.444. The molecule has 3 rings (SSSR count). The number of aromatic nitrogens is 2. The molecule has 0 radical (unpaired) electrons. The van der Waals surface area contributed by atoms with Gasteiger partial charge in [0.15, 0.2) is 0 Å². The first-order chi connectivity index (χ1) is 12.8. The van der Waals surface area contributed by atoms with Crippen LogP contribution >= 0.6 is 22.9 Å². The molecular weight excluding hydrogens is 402 g/mol. The minimum atomic E-state index is -3.52. The molecule has 8 heteroatoms. The van der Waals surface area contributed by atoms with Gasteiger partial charge < -0.3 is 4.57 Å².